The van der Waals surface area contributed by atoms with Crippen LogP contribution in [0.1, 0.15) is 17.5 Å². The summed E-state index contributed by atoms with van der Waals surface area (Å²) in [4.78, 5) is 11.9. The van der Waals surface area contributed by atoms with Crippen LogP contribution in [0.25, 0.3) is 0 Å². The maximum atomic E-state index is 11.9. The summed E-state index contributed by atoms with van der Waals surface area (Å²) in [7, 11) is 1.62. The molecule has 4 nitrogen and oxygen atoms in total. The van der Waals surface area contributed by atoms with Crippen molar-refractivity contribution < 1.29 is 9.53 Å². The highest BCUT2D eigenvalue weighted by Gasteiger charge is 2.03. The number of nitrogens with one attached hydrogen (secondary N) is 2. The highest BCUT2D eigenvalue weighted by Crippen LogP contribution is 2.17. The Labute approximate surface area is 131 Å². The summed E-state index contributed by atoms with van der Waals surface area (Å²) in [5.74, 6) is 0.761. The van der Waals surface area contributed by atoms with E-state index in [1.807, 2.05) is 30.3 Å². The minimum atomic E-state index is -0.0116. The van der Waals surface area contributed by atoms with E-state index in [1.54, 1.807) is 7.11 Å². The largest absolute Gasteiger partial charge is 0.497 e. The second-order valence-electron chi connectivity index (χ2n) is 5.27. The van der Waals surface area contributed by atoms with Gasteiger partial charge in [-0.1, -0.05) is 17.7 Å². The van der Waals surface area contributed by atoms with Crippen LogP contribution in [0.4, 0.5) is 11.4 Å². The number of hydrogen-bond donors (Lipinski definition) is 2. The maximum absolute atomic E-state index is 11.9. The van der Waals surface area contributed by atoms with Crippen LogP contribution in [0.15, 0.2) is 42.5 Å². The number of amides is 1. The Morgan fingerprint density at radius 3 is 2.45 bits per heavy atom. The van der Waals surface area contributed by atoms with Gasteiger partial charge in [-0.25, -0.2) is 0 Å². The number of hydrogen-bond acceptors (Lipinski definition) is 3. The fraction of sp³-hybridized carbons (Fsp3) is 0.278. The molecule has 22 heavy (non-hydrogen) atoms. The van der Waals surface area contributed by atoms with E-state index in [0.717, 1.165) is 17.1 Å². The summed E-state index contributed by atoms with van der Waals surface area (Å²) in [6, 6.07) is 13.5. The zero-order valence-electron chi connectivity index (χ0n) is 13.3. The van der Waals surface area contributed by atoms with Gasteiger partial charge in [0.25, 0.3) is 0 Å². The van der Waals surface area contributed by atoms with Crippen molar-refractivity contribution in [3.05, 3.63) is 53.6 Å². The molecule has 0 saturated carbocycles. The lowest BCUT2D eigenvalue weighted by atomic mass is 10.1. The van der Waals surface area contributed by atoms with Crippen LogP contribution in [-0.4, -0.2) is 19.6 Å². The van der Waals surface area contributed by atoms with Crippen molar-refractivity contribution in [2.45, 2.75) is 20.3 Å². The molecule has 0 radical (unpaired) electrons. The molecule has 0 aliphatic carbocycles. The molecule has 0 aliphatic heterocycles. The van der Waals surface area contributed by atoms with Crippen LogP contribution >= 0.6 is 0 Å². The Morgan fingerprint density at radius 1 is 1.09 bits per heavy atom. The predicted molar refractivity (Wildman–Crippen MR) is 90.6 cm³/mol. The van der Waals surface area contributed by atoms with Gasteiger partial charge in [0, 0.05) is 24.3 Å². The smallest absolute Gasteiger partial charge is 0.226 e. The normalized spacial score (nSPS) is 10.1. The maximum Gasteiger partial charge on any atom is 0.226 e. The molecular formula is C18H22N2O2. The minimum Gasteiger partial charge on any atom is -0.497 e. The zero-order chi connectivity index (χ0) is 15.9. The molecule has 0 atom stereocenters. The van der Waals surface area contributed by atoms with Crippen molar-refractivity contribution in [3.8, 4) is 5.75 Å². The molecule has 2 N–H and O–H groups in total. The lowest BCUT2D eigenvalue weighted by Gasteiger charge is -2.10. The predicted octanol–water partition coefficient (Wildman–Crippen LogP) is 3.75. The number of carbonyl (C=O) groups is 1. The van der Waals surface area contributed by atoms with Crippen LogP contribution in [0, 0.1) is 13.8 Å². The van der Waals surface area contributed by atoms with Crippen LogP contribution in [0.3, 0.4) is 0 Å². The Hall–Kier alpha value is -2.49. The number of carbonyl (C=O) groups excluding carboxylic acids is 1. The van der Waals surface area contributed by atoms with Crippen molar-refractivity contribution in [2.75, 3.05) is 24.3 Å². The molecule has 0 bridgehead atoms. The summed E-state index contributed by atoms with van der Waals surface area (Å²) >= 11 is 0. The highest BCUT2D eigenvalue weighted by molar-refractivity contribution is 5.91. The molecule has 0 aliphatic rings. The first-order valence-electron chi connectivity index (χ1n) is 7.33. The number of rotatable bonds is 6. The van der Waals surface area contributed by atoms with Crippen molar-refractivity contribution in [3.63, 3.8) is 0 Å². The van der Waals surface area contributed by atoms with Crippen molar-refractivity contribution in [2.24, 2.45) is 0 Å². The molecule has 2 aromatic carbocycles. The van der Waals surface area contributed by atoms with Gasteiger partial charge < -0.3 is 15.4 Å². The van der Waals surface area contributed by atoms with Gasteiger partial charge in [0.15, 0.2) is 0 Å². The molecule has 2 rings (SSSR count). The van der Waals surface area contributed by atoms with Crippen molar-refractivity contribution in [1.29, 1.82) is 0 Å². The quantitative estimate of drug-likeness (QED) is 0.854. The van der Waals surface area contributed by atoms with Gasteiger partial charge in [0.1, 0.15) is 5.75 Å². The van der Waals surface area contributed by atoms with Crippen LogP contribution < -0.4 is 15.4 Å². The van der Waals surface area contributed by atoms with E-state index in [2.05, 4.69) is 36.6 Å². The van der Waals surface area contributed by atoms with E-state index in [-0.39, 0.29) is 5.91 Å². The van der Waals surface area contributed by atoms with Crippen molar-refractivity contribution >= 4 is 17.3 Å². The highest BCUT2D eigenvalue weighted by atomic mass is 16.5. The molecule has 0 saturated heterocycles. The van der Waals surface area contributed by atoms with Gasteiger partial charge in [-0.05, 0) is 49.7 Å². The van der Waals surface area contributed by atoms with Gasteiger partial charge in [-0.15, -0.1) is 0 Å². The number of benzene rings is 2. The van der Waals surface area contributed by atoms with E-state index in [1.165, 1.54) is 11.1 Å². The summed E-state index contributed by atoms with van der Waals surface area (Å²) in [5, 5.41) is 6.16. The fourth-order valence-corrected chi connectivity index (χ4v) is 2.22. The first-order chi connectivity index (χ1) is 10.6. The monoisotopic (exact) mass is 298 g/mol. The molecule has 0 spiro atoms. The molecule has 4 heteroatoms. The standard InChI is InChI=1S/C18H22N2O2/c1-13-4-9-17(14(2)12-13)19-11-10-18(21)20-15-5-7-16(22-3)8-6-15/h4-9,12,19H,10-11H2,1-3H3,(H,20,21). The second-order valence-corrected chi connectivity index (χ2v) is 5.27. The molecular weight excluding hydrogens is 276 g/mol. The van der Waals surface area contributed by atoms with Crippen LogP contribution in [-0.2, 0) is 4.79 Å². The number of aryl methyl sites for hydroxylation is 2. The average Bonchev–Trinajstić information content (AvgIpc) is 2.50. The Balaban J connectivity index is 1.79. The molecule has 0 heterocycles. The van der Waals surface area contributed by atoms with E-state index >= 15 is 0 Å². The topological polar surface area (TPSA) is 50.4 Å². The Kier molecular flexibility index (Phi) is 5.42. The number of ether oxygens (including phenoxy) is 1. The Morgan fingerprint density at radius 2 is 1.82 bits per heavy atom. The van der Waals surface area contributed by atoms with E-state index in [9.17, 15) is 4.79 Å². The molecule has 116 valence electrons. The first kappa shape index (κ1) is 15.9. The molecule has 1 amide bonds. The lowest BCUT2D eigenvalue weighted by molar-refractivity contribution is -0.115. The third-order valence-corrected chi connectivity index (χ3v) is 3.42. The summed E-state index contributed by atoms with van der Waals surface area (Å²) < 4.78 is 5.08. The van der Waals surface area contributed by atoms with Gasteiger partial charge in [-0.2, -0.15) is 0 Å². The third-order valence-electron chi connectivity index (χ3n) is 3.42. The Bertz CT molecular complexity index is 636. The molecule has 0 fully saturated rings. The van der Waals surface area contributed by atoms with Gasteiger partial charge in [0.2, 0.25) is 5.91 Å². The molecule has 2 aromatic rings. The first-order valence-corrected chi connectivity index (χ1v) is 7.33. The van der Waals surface area contributed by atoms with Crippen LogP contribution in [0.2, 0.25) is 0 Å². The van der Waals surface area contributed by atoms with Gasteiger partial charge in [0.05, 0.1) is 7.11 Å². The summed E-state index contributed by atoms with van der Waals surface area (Å²) in [5.41, 5.74) is 4.27. The summed E-state index contributed by atoms with van der Waals surface area (Å²) in [6.07, 6.45) is 0.416. The van der Waals surface area contributed by atoms with E-state index < -0.39 is 0 Å². The summed E-state index contributed by atoms with van der Waals surface area (Å²) in [6.45, 7) is 4.73. The molecule has 0 aromatic heterocycles. The van der Waals surface area contributed by atoms with Gasteiger partial charge >= 0.3 is 0 Å². The van der Waals surface area contributed by atoms with Crippen LogP contribution in [0.5, 0.6) is 5.75 Å². The zero-order valence-corrected chi connectivity index (χ0v) is 13.3. The SMILES string of the molecule is COc1ccc(NC(=O)CCNc2ccc(C)cc2C)cc1. The van der Waals surface area contributed by atoms with Crippen molar-refractivity contribution in [1.82, 2.24) is 0 Å². The lowest BCUT2D eigenvalue weighted by Crippen LogP contribution is -2.16. The molecule has 0 unspecified atom stereocenters. The fourth-order valence-electron chi connectivity index (χ4n) is 2.22. The van der Waals surface area contributed by atoms with Gasteiger partial charge in [-0.3, -0.25) is 4.79 Å². The second kappa shape index (κ2) is 7.50. The van der Waals surface area contributed by atoms with E-state index in [0.29, 0.717) is 13.0 Å². The third kappa shape index (κ3) is 4.52. The van der Waals surface area contributed by atoms with E-state index in [4.69, 9.17) is 4.74 Å². The number of anilines is 2. The number of methoxy groups -OCH3 is 1. The average molecular weight is 298 g/mol. The minimum absolute atomic E-state index is 0.0116.